The van der Waals surface area contributed by atoms with Crippen LogP contribution in [-0.4, -0.2) is 30.1 Å². The molecule has 1 aromatic carbocycles. The molecule has 4 heteroatoms. The highest BCUT2D eigenvalue weighted by Crippen LogP contribution is 2.32. The van der Waals surface area contributed by atoms with Crippen LogP contribution in [0.3, 0.4) is 0 Å². The van der Waals surface area contributed by atoms with E-state index in [4.69, 9.17) is 0 Å². The van der Waals surface area contributed by atoms with E-state index in [9.17, 15) is 0 Å². The molecule has 2 fully saturated rings. The minimum Gasteiger partial charge on any atom is -0.380 e. The van der Waals surface area contributed by atoms with Gasteiger partial charge < -0.3 is 5.32 Å². The summed E-state index contributed by atoms with van der Waals surface area (Å²) in [7, 11) is 0. The first-order valence-electron chi connectivity index (χ1n) is 6.18. The van der Waals surface area contributed by atoms with Crippen LogP contribution in [0.1, 0.15) is 19.3 Å². The molecule has 1 N–H and O–H groups in total. The van der Waals surface area contributed by atoms with Crippen LogP contribution in [0.4, 0.5) is 5.69 Å². The summed E-state index contributed by atoms with van der Waals surface area (Å²) in [6.07, 6.45) is 4.10. The van der Waals surface area contributed by atoms with Crippen molar-refractivity contribution in [1.29, 1.82) is 0 Å². The van der Waals surface area contributed by atoms with Crippen LogP contribution in [0.15, 0.2) is 22.7 Å². The molecule has 1 aliphatic heterocycles. The van der Waals surface area contributed by atoms with Crippen molar-refractivity contribution >= 4 is 44.2 Å². The lowest BCUT2D eigenvalue weighted by Crippen LogP contribution is -2.27. The number of anilines is 1. The highest BCUT2D eigenvalue weighted by atomic mass is 127. The second kappa shape index (κ2) is 5.05. The fourth-order valence-corrected chi connectivity index (χ4v) is 3.36. The third-order valence-electron chi connectivity index (χ3n) is 3.57. The van der Waals surface area contributed by atoms with Gasteiger partial charge in [-0.2, -0.15) is 0 Å². The van der Waals surface area contributed by atoms with Gasteiger partial charge in [0.15, 0.2) is 0 Å². The van der Waals surface area contributed by atoms with E-state index >= 15 is 0 Å². The zero-order chi connectivity index (χ0) is 11.8. The van der Waals surface area contributed by atoms with Gasteiger partial charge in [0.05, 0.1) is 0 Å². The summed E-state index contributed by atoms with van der Waals surface area (Å²) in [6, 6.07) is 7.98. The van der Waals surface area contributed by atoms with Crippen molar-refractivity contribution in [2.45, 2.75) is 31.3 Å². The Morgan fingerprint density at radius 2 is 2.12 bits per heavy atom. The molecule has 1 atom stereocenters. The first kappa shape index (κ1) is 12.2. The summed E-state index contributed by atoms with van der Waals surface area (Å²) in [5, 5.41) is 3.67. The molecule has 1 aliphatic carbocycles. The molecule has 1 heterocycles. The van der Waals surface area contributed by atoms with Crippen LogP contribution >= 0.6 is 38.5 Å². The van der Waals surface area contributed by atoms with Crippen molar-refractivity contribution in [3.63, 3.8) is 0 Å². The van der Waals surface area contributed by atoms with Crippen LogP contribution < -0.4 is 5.32 Å². The molecule has 0 amide bonds. The van der Waals surface area contributed by atoms with E-state index in [0.29, 0.717) is 6.04 Å². The minimum atomic E-state index is 0.616. The molecular formula is C13H16BrIN2. The number of hydrogen-bond acceptors (Lipinski definition) is 2. The molecule has 92 valence electrons. The lowest BCUT2D eigenvalue weighted by Gasteiger charge is -2.17. The molecule has 0 bridgehead atoms. The molecule has 2 aliphatic rings. The number of nitrogens with one attached hydrogen (secondary N) is 1. The number of benzene rings is 1. The van der Waals surface area contributed by atoms with Gasteiger partial charge in [0.1, 0.15) is 0 Å². The van der Waals surface area contributed by atoms with E-state index in [0.717, 1.165) is 6.04 Å². The van der Waals surface area contributed by atoms with E-state index < -0.39 is 0 Å². The van der Waals surface area contributed by atoms with Gasteiger partial charge in [0.2, 0.25) is 0 Å². The van der Waals surface area contributed by atoms with Gasteiger partial charge in [-0.3, -0.25) is 4.90 Å². The smallest absolute Gasteiger partial charge is 0.0497 e. The SMILES string of the molecule is Brc1ccc(I)cc1NC1CCN(C2CC2)C1. The van der Waals surface area contributed by atoms with Crippen molar-refractivity contribution in [2.24, 2.45) is 0 Å². The Kier molecular flexibility index (Phi) is 3.64. The van der Waals surface area contributed by atoms with Crippen molar-refractivity contribution in [3.8, 4) is 0 Å². The van der Waals surface area contributed by atoms with E-state index in [2.05, 4.69) is 66.9 Å². The average Bonchev–Trinajstić information content (AvgIpc) is 3.05. The number of halogens is 2. The molecule has 0 spiro atoms. The maximum Gasteiger partial charge on any atom is 0.0497 e. The van der Waals surface area contributed by atoms with Gasteiger partial charge in [-0.1, -0.05) is 0 Å². The van der Waals surface area contributed by atoms with Gasteiger partial charge in [0.25, 0.3) is 0 Å². The molecule has 3 rings (SSSR count). The Labute approximate surface area is 124 Å². The van der Waals surface area contributed by atoms with Crippen molar-refractivity contribution in [1.82, 2.24) is 4.90 Å². The summed E-state index contributed by atoms with van der Waals surface area (Å²) in [6.45, 7) is 2.48. The molecular weight excluding hydrogens is 391 g/mol. The lowest BCUT2D eigenvalue weighted by atomic mass is 10.2. The van der Waals surface area contributed by atoms with E-state index in [1.54, 1.807) is 0 Å². The Morgan fingerprint density at radius 1 is 1.29 bits per heavy atom. The standard InChI is InChI=1S/C13H16BrIN2/c14-12-4-1-9(15)7-13(12)16-10-5-6-17(8-10)11-2-3-11/h1,4,7,10-11,16H,2-3,5-6,8H2. The Hall–Kier alpha value is 0.190. The maximum absolute atomic E-state index is 3.67. The molecule has 2 nitrogen and oxygen atoms in total. The third-order valence-corrected chi connectivity index (χ3v) is 4.93. The average molecular weight is 407 g/mol. The number of nitrogens with zero attached hydrogens (tertiary/aromatic N) is 1. The number of likely N-dealkylation sites (tertiary alicyclic amines) is 1. The highest BCUT2D eigenvalue weighted by molar-refractivity contribution is 14.1. The molecule has 17 heavy (non-hydrogen) atoms. The summed E-state index contributed by atoms with van der Waals surface area (Å²) in [4.78, 5) is 2.64. The van der Waals surface area contributed by atoms with Crippen molar-refractivity contribution in [2.75, 3.05) is 18.4 Å². The second-order valence-corrected chi connectivity index (χ2v) is 7.08. The largest absolute Gasteiger partial charge is 0.380 e. The van der Waals surface area contributed by atoms with E-state index in [1.807, 2.05) is 0 Å². The first-order valence-corrected chi connectivity index (χ1v) is 8.05. The molecule has 0 radical (unpaired) electrons. The van der Waals surface area contributed by atoms with Crippen molar-refractivity contribution in [3.05, 3.63) is 26.2 Å². The predicted octanol–water partition coefficient (Wildman–Crippen LogP) is 3.70. The van der Waals surface area contributed by atoms with Crippen molar-refractivity contribution < 1.29 is 0 Å². The first-order chi connectivity index (χ1) is 8.22. The molecule has 0 aromatic heterocycles. The number of rotatable bonds is 3. The Balaban J connectivity index is 1.64. The van der Waals surface area contributed by atoms with Crippen LogP contribution in [0.2, 0.25) is 0 Å². The monoisotopic (exact) mass is 406 g/mol. The zero-order valence-electron chi connectivity index (χ0n) is 9.63. The van der Waals surface area contributed by atoms with Crippen LogP contribution in [0.25, 0.3) is 0 Å². The van der Waals surface area contributed by atoms with Crippen LogP contribution in [0, 0.1) is 3.57 Å². The van der Waals surface area contributed by atoms with Gasteiger partial charge >= 0.3 is 0 Å². The van der Waals surface area contributed by atoms with E-state index in [-0.39, 0.29) is 0 Å². The third kappa shape index (κ3) is 2.96. The fraction of sp³-hybridized carbons (Fsp3) is 0.538. The summed E-state index contributed by atoms with van der Waals surface area (Å²) in [5.74, 6) is 0. The molecule has 1 unspecified atom stereocenters. The van der Waals surface area contributed by atoms with Crippen LogP contribution in [0.5, 0.6) is 0 Å². The Bertz CT molecular complexity index is 420. The normalized spacial score (nSPS) is 25.2. The minimum absolute atomic E-state index is 0.616. The lowest BCUT2D eigenvalue weighted by molar-refractivity contribution is 0.326. The predicted molar refractivity (Wildman–Crippen MR) is 83.5 cm³/mol. The fourth-order valence-electron chi connectivity index (χ4n) is 2.50. The summed E-state index contributed by atoms with van der Waals surface area (Å²) >= 11 is 5.98. The Morgan fingerprint density at radius 3 is 2.88 bits per heavy atom. The zero-order valence-corrected chi connectivity index (χ0v) is 13.4. The molecule has 1 aromatic rings. The topological polar surface area (TPSA) is 15.3 Å². The molecule has 1 saturated carbocycles. The highest BCUT2D eigenvalue weighted by Gasteiger charge is 2.34. The maximum atomic E-state index is 3.67. The van der Waals surface area contributed by atoms with Gasteiger partial charge in [-0.15, -0.1) is 0 Å². The second-order valence-electron chi connectivity index (χ2n) is 4.98. The van der Waals surface area contributed by atoms with Gasteiger partial charge in [-0.25, -0.2) is 0 Å². The summed E-state index contributed by atoms with van der Waals surface area (Å²) in [5.41, 5.74) is 1.24. The van der Waals surface area contributed by atoms with Crippen LogP contribution in [-0.2, 0) is 0 Å². The van der Waals surface area contributed by atoms with Gasteiger partial charge in [-0.05, 0) is 76.0 Å². The van der Waals surface area contributed by atoms with Gasteiger partial charge in [0, 0.05) is 38.9 Å². The van der Waals surface area contributed by atoms with E-state index in [1.165, 1.54) is 46.1 Å². The quantitative estimate of drug-likeness (QED) is 0.770. The molecule has 1 saturated heterocycles. The summed E-state index contributed by atoms with van der Waals surface area (Å²) < 4.78 is 2.45. The number of hydrogen-bond donors (Lipinski definition) is 1.